The van der Waals surface area contributed by atoms with Gasteiger partial charge in [-0.05, 0) is 38.1 Å². The van der Waals surface area contributed by atoms with Gasteiger partial charge < -0.3 is 4.90 Å². The van der Waals surface area contributed by atoms with E-state index in [9.17, 15) is 8.42 Å². The van der Waals surface area contributed by atoms with Crippen molar-refractivity contribution in [1.29, 1.82) is 0 Å². The molecule has 1 aliphatic heterocycles. The number of nitrogens with zero attached hydrogens (tertiary/aromatic N) is 5. The first-order chi connectivity index (χ1) is 13.0. The highest BCUT2D eigenvalue weighted by molar-refractivity contribution is 7.90. The minimum Gasteiger partial charge on any atom is -0.301 e. The van der Waals surface area contributed by atoms with Crippen molar-refractivity contribution in [2.75, 3.05) is 25.9 Å². The fourth-order valence-corrected chi connectivity index (χ4v) is 4.20. The summed E-state index contributed by atoms with van der Waals surface area (Å²) in [5.41, 5.74) is 2.43. The van der Waals surface area contributed by atoms with Gasteiger partial charge in [-0.25, -0.2) is 23.1 Å². The molecule has 1 saturated heterocycles. The van der Waals surface area contributed by atoms with Gasteiger partial charge >= 0.3 is 0 Å². The Morgan fingerprint density at radius 2 is 1.74 bits per heavy atom. The number of likely N-dealkylation sites (tertiary alicyclic amines) is 1. The highest BCUT2D eigenvalue weighted by Gasteiger charge is 2.15. The second-order valence-electron chi connectivity index (χ2n) is 7.03. The van der Waals surface area contributed by atoms with Crippen LogP contribution in [0.4, 0.5) is 0 Å². The van der Waals surface area contributed by atoms with E-state index >= 15 is 0 Å². The quantitative estimate of drug-likeness (QED) is 0.671. The van der Waals surface area contributed by atoms with Gasteiger partial charge in [0.2, 0.25) is 0 Å². The van der Waals surface area contributed by atoms with Crippen LogP contribution in [0.3, 0.4) is 0 Å². The first kappa shape index (κ1) is 18.1. The zero-order valence-electron chi connectivity index (χ0n) is 15.4. The van der Waals surface area contributed by atoms with E-state index in [0.29, 0.717) is 4.90 Å². The lowest BCUT2D eigenvalue weighted by Gasteiger charge is -2.26. The average molecular weight is 385 g/mol. The number of benzene rings is 1. The first-order valence-corrected chi connectivity index (χ1v) is 11.1. The predicted molar refractivity (Wildman–Crippen MR) is 104 cm³/mol. The summed E-state index contributed by atoms with van der Waals surface area (Å²) < 4.78 is 25.2. The normalized spacial score (nSPS) is 16.0. The van der Waals surface area contributed by atoms with Crippen molar-refractivity contribution in [3.63, 3.8) is 0 Å². The third-order valence-corrected chi connectivity index (χ3v) is 6.19. The molecule has 2 aromatic heterocycles. The summed E-state index contributed by atoms with van der Waals surface area (Å²) in [6.07, 6.45) is 8.42. The minimum atomic E-state index is -3.21. The molecule has 0 saturated carbocycles. The maximum Gasteiger partial charge on any atom is 0.175 e. The molecule has 142 valence electrons. The summed E-state index contributed by atoms with van der Waals surface area (Å²) in [4.78, 5) is 11.6. The Morgan fingerprint density at radius 3 is 2.44 bits per heavy atom. The maximum atomic E-state index is 11.7. The van der Waals surface area contributed by atoms with Crippen LogP contribution in [-0.4, -0.2) is 59.0 Å². The standard InChI is InChI=1S/C19H23N5O2S/c1-27(25,26)16-7-5-15(6-8-16)18-17-13-22-24(19(17)21-14-20-18)12-11-23-9-3-2-4-10-23/h5-8,13-14H,2-4,9-12H2,1H3. The molecule has 1 aliphatic rings. The molecule has 0 unspecified atom stereocenters. The molecule has 0 bridgehead atoms. The predicted octanol–water partition coefficient (Wildman–Crippen LogP) is 2.38. The monoisotopic (exact) mass is 385 g/mol. The van der Waals surface area contributed by atoms with E-state index in [4.69, 9.17) is 0 Å². The molecule has 1 fully saturated rings. The molecule has 0 amide bonds. The van der Waals surface area contributed by atoms with E-state index < -0.39 is 9.84 Å². The molecule has 27 heavy (non-hydrogen) atoms. The van der Waals surface area contributed by atoms with Crippen LogP contribution < -0.4 is 0 Å². The largest absolute Gasteiger partial charge is 0.301 e. The molecule has 0 radical (unpaired) electrons. The Labute approximate surface area is 159 Å². The van der Waals surface area contributed by atoms with Gasteiger partial charge in [0.05, 0.1) is 28.7 Å². The van der Waals surface area contributed by atoms with Crippen molar-refractivity contribution in [2.24, 2.45) is 0 Å². The van der Waals surface area contributed by atoms with Crippen molar-refractivity contribution in [3.05, 3.63) is 36.8 Å². The summed E-state index contributed by atoms with van der Waals surface area (Å²) in [5, 5.41) is 5.39. The van der Waals surface area contributed by atoms with E-state index in [1.807, 2.05) is 4.68 Å². The lowest BCUT2D eigenvalue weighted by Crippen LogP contribution is -2.32. The second kappa shape index (κ2) is 7.36. The van der Waals surface area contributed by atoms with Crippen LogP contribution in [0.25, 0.3) is 22.3 Å². The van der Waals surface area contributed by atoms with Gasteiger partial charge in [0, 0.05) is 18.4 Å². The van der Waals surface area contributed by atoms with E-state index in [0.717, 1.165) is 48.5 Å². The van der Waals surface area contributed by atoms with Gasteiger partial charge in [0.1, 0.15) is 6.33 Å². The number of piperidine rings is 1. The van der Waals surface area contributed by atoms with Crippen LogP contribution in [0.5, 0.6) is 0 Å². The van der Waals surface area contributed by atoms with E-state index in [1.54, 1.807) is 36.8 Å². The summed E-state index contributed by atoms with van der Waals surface area (Å²) >= 11 is 0. The second-order valence-corrected chi connectivity index (χ2v) is 9.04. The first-order valence-electron chi connectivity index (χ1n) is 9.22. The molecule has 0 spiro atoms. The topological polar surface area (TPSA) is 81.0 Å². The fraction of sp³-hybridized carbons (Fsp3) is 0.421. The molecular weight excluding hydrogens is 362 g/mol. The number of sulfone groups is 1. The van der Waals surface area contributed by atoms with E-state index in [-0.39, 0.29) is 0 Å². The summed E-state index contributed by atoms with van der Waals surface area (Å²) in [6.45, 7) is 4.09. The third kappa shape index (κ3) is 3.86. The van der Waals surface area contributed by atoms with E-state index in [1.165, 1.54) is 25.5 Å². The molecule has 8 heteroatoms. The van der Waals surface area contributed by atoms with Gasteiger partial charge in [0.25, 0.3) is 0 Å². The van der Waals surface area contributed by atoms with Gasteiger partial charge in [-0.1, -0.05) is 18.6 Å². The van der Waals surface area contributed by atoms with Crippen molar-refractivity contribution in [1.82, 2.24) is 24.6 Å². The number of hydrogen-bond acceptors (Lipinski definition) is 6. The molecule has 7 nitrogen and oxygen atoms in total. The Kier molecular flexibility index (Phi) is 4.92. The fourth-order valence-electron chi connectivity index (χ4n) is 3.57. The van der Waals surface area contributed by atoms with Gasteiger partial charge in [0.15, 0.2) is 15.5 Å². The van der Waals surface area contributed by atoms with Gasteiger partial charge in [-0.15, -0.1) is 0 Å². The molecular formula is C19H23N5O2S. The maximum absolute atomic E-state index is 11.7. The Balaban J connectivity index is 1.60. The third-order valence-electron chi connectivity index (χ3n) is 5.07. The number of hydrogen-bond donors (Lipinski definition) is 0. The van der Waals surface area contributed by atoms with Crippen molar-refractivity contribution in [2.45, 2.75) is 30.7 Å². The summed E-state index contributed by atoms with van der Waals surface area (Å²) in [6, 6.07) is 6.78. The van der Waals surface area contributed by atoms with Crippen LogP contribution in [0.1, 0.15) is 19.3 Å². The average Bonchev–Trinajstić information content (AvgIpc) is 3.10. The molecule has 1 aromatic carbocycles. The molecule has 3 heterocycles. The molecule has 0 atom stereocenters. The van der Waals surface area contributed by atoms with Gasteiger partial charge in [-0.2, -0.15) is 5.10 Å². The number of rotatable bonds is 5. The Bertz CT molecular complexity index is 1040. The minimum absolute atomic E-state index is 0.300. The summed E-state index contributed by atoms with van der Waals surface area (Å²) in [5.74, 6) is 0. The van der Waals surface area contributed by atoms with Crippen molar-refractivity contribution in [3.8, 4) is 11.3 Å². The number of fused-ring (bicyclic) bond motifs is 1. The lowest BCUT2D eigenvalue weighted by atomic mass is 10.1. The van der Waals surface area contributed by atoms with Crippen LogP contribution in [0, 0.1) is 0 Å². The SMILES string of the molecule is CS(=O)(=O)c1ccc(-c2ncnc3c2cnn3CCN2CCCCC2)cc1. The Morgan fingerprint density at radius 1 is 1.00 bits per heavy atom. The zero-order chi connectivity index (χ0) is 18.9. The number of aromatic nitrogens is 4. The highest BCUT2D eigenvalue weighted by Crippen LogP contribution is 2.26. The van der Waals surface area contributed by atoms with Gasteiger partial charge in [-0.3, -0.25) is 0 Å². The molecule has 0 N–H and O–H groups in total. The van der Waals surface area contributed by atoms with Crippen LogP contribution in [0.2, 0.25) is 0 Å². The molecule has 0 aliphatic carbocycles. The molecule has 4 rings (SSSR count). The summed E-state index contributed by atoms with van der Waals surface area (Å²) in [7, 11) is -3.21. The molecule has 3 aromatic rings. The van der Waals surface area contributed by atoms with Crippen molar-refractivity contribution < 1.29 is 8.42 Å². The highest BCUT2D eigenvalue weighted by atomic mass is 32.2. The Hall–Kier alpha value is -2.32. The van der Waals surface area contributed by atoms with E-state index in [2.05, 4.69) is 20.0 Å². The van der Waals surface area contributed by atoms with Crippen LogP contribution in [0.15, 0.2) is 41.7 Å². The lowest BCUT2D eigenvalue weighted by molar-refractivity contribution is 0.219. The zero-order valence-corrected chi connectivity index (χ0v) is 16.2. The smallest absolute Gasteiger partial charge is 0.175 e. The van der Waals surface area contributed by atoms with Crippen LogP contribution in [-0.2, 0) is 16.4 Å². The van der Waals surface area contributed by atoms with Crippen LogP contribution >= 0.6 is 0 Å². The van der Waals surface area contributed by atoms with Crippen molar-refractivity contribution >= 4 is 20.9 Å².